The molecule has 0 saturated heterocycles. The van der Waals surface area contributed by atoms with Crippen LogP contribution in [0.1, 0.15) is 17.2 Å². The number of nitrogens with zero attached hydrogens (tertiary/aromatic N) is 3. The summed E-state index contributed by atoms with van der Waals surface area (Å²) in [6.07, 6.45) is 1.68. The molecule has 15 heavy (non-hydrogen) atoms. The lowest BCUT2D eigenvalue weighted by Crippen LogP contribution is -1.90. The van der Waals surface area contributed by atoms with Crippen LogP contribution in [0, 0.1) is 13.8 Å². The van der Waals surface area contributed by atoms with Crippen LogP contribution in [0.25, 0.3) is 17.5 Å². The highest BCUT2D eigenvalue weighted by Crippen LogP contribution is 2.21. The Hall–Kier alpha value is -1.97. The number of rotatable bonds is 2. The third-order valence-corrected chi connectivity index (χ3v) is 2.02. The number of aryl methyl sites for hydroxylation is 2. The Bertz CT molecular complexity index is 502. The number of hydrogen-bond acceptors (Lipinski definition) is 4. The third kappa shape index (κ3) is 1.79. The molecule has 0 aromatic carbocycles. The molecule has 76 valence electrons. The summed E-state index contributed by atoms with van der Waals surface area (Å²) in [4.78, 5) is 8.49. The highest BCUT2D eigenvalue weighted by molar-refractivity contribution is 5.66. The molecule has 0 saturated carbocycles. The maximum atomic E-state index is 5.08. The molecule has 2 aromatic rings. The lowest BCUT2D eigenvalue weighted by atomic mass is 10.1. The summed E-state index contributed by atoms with van der Waals surface area (Å²) in [5, 5.41) is 3.74. The molecule has 0 amide bonds. The van der Waals surface area contributed by atoms with Crippen LogP contribution in [0.4, 0.5) is 0 Å². The molecule has 0 aliphatic heterocycles. The third-order valence-electron chi connectivity index (χ3n) is 2.02. The average molecular weight is 201 g/mol. The van der Waals surface area contributed by atoms with Gasteiger partial charge in [-0.1, -0.05) is 11.7 Å². The van der Waals surface area contributed by atoms with E-state index in [4.69, 9.17) is 4.52 Å². The van der Waals surface area contributed by atoms with Crippen LogP contribution < -0.4 is 0 Å². The SMILES string of the molecule is C=Cc1nc(C)ccc1-c1nc(C)no1. The summed E-state index contributed by atoms with van der Waals surface area (Å²) in [5.41, 5.74) is 2.51. The zero-order valence-corrected chi connectivity index (χ0v) is 8.69. The largest absolute Gasteiger partial charge is 0.334 e. The Balaban J connectivity index is 2.57. The summed E-state index contributed by atoms with van der Waals surface area (Å²) in [5.74, 6) is 1.09. The van der Waals surface area contributed by atoms with Crippen molar-refractivity contribution in [3.8, 4) is 11.5 Å². The molecule has 2 aromatic heterocycles. The maximum absolute atomic E-state index is 5.08. The van der Waals surface area contributed by atoms with E-state index < -0.39 is 0 Å². The van der Waals surface area contributed by atoms with Gasteiger partial charge in [-0.2, -0.15) is 4.98 Å². The molecular weight excluding hydrogens is 190 g/mol. The Morgan fingerprint density at radius 2 is 2.07 bits per heavy atom. The fourth-order valence-electron chi connectivity index (χ4n) is 1.32. The van der Waals surface area contributed by atoms with Crippen molar-refractivity contribution in [1.29, 1.82) is 0 Å². The van der Waals surface area contributed by atoms with Crippen LogP contribution in [-0.4, -0.2) is 15.1 Å². The van der Waals surface area contributed by atoms with E-state index in [1.807, 2.05) is 19.1 Å². The van der Waals surface area contributed by atoms with Crippen molar-refractivity contribution < 1.29 is 4.52 Å². The molecule has 0 N–H and O–H groups in total. The van der Waals surface area contributed by atoms with Crippen LogP contribution in [-0.2, 0) is 0 Å². The Kier molecular flexibility index (Phi) is 2.33. The van der Waals surface area contributed by atoms with Crippen molar-refractivity contribution in [3.05, 3.63) is 35.9 Å². The van der Waals surface area contributed by atoms with E-state index in [1.54, 1.807) is 13.0 Å². The number of pyridine rings is 1. The molecule has 2 heterocycles. The smallest absolute Gasteiger partial charge is 0.260 e. The molecule has 0 fully saturated rings. The summed E-state index contributed by atoms with van der Waals surface area (Å²) in [6.45, 7) is 7.42. The minimum absolute atomic E-state index is 0.481. The second kappa shape index (κ2) is 3.65. The van der Waals surface area contributed by atoms with Gasteiger partial charge in [0.2, 0.25) is 0 Å². The van der Waals surface area contributed by atoms with Crippen molar-refractivity contribution in [2.24, 2.45) is 0 Å². The summed E-state index contributed by atoms with van der Waals surface area (Å²) < 4.78 is 5.08. The monoisotopic (exact) mass is 201 g/mol. The molecule has 0 bridgehead atoms. The van der Waals surface area contributed by atoms with E-state index in [0.717, 1.165) is 17.0 Å². The van der Waals surface area contributed by atoms with Gasteiger partial charge in [0.1, 0.15) is 0 Å². The van der Waals surface area contributed by atoms with Crippen molar-refractivity contribution in [2.75, 3.05) is 0 Å². The first kappa shape index (κ1) is 9.58. The standard InChI is InChI=1S/C11H11N3O/c1-4-10-9(6-5-7(2)12-10)11-13-8(3)14-15-11/h4-6H,1H2,2-3H3. The molecule has 0 radical (unpaired) electrons. The molecule has 0 aliphatic rings. The topological polar surface area (TPSA) is 51.8 Å². The number of aromatic nitrogens is 3. The normalized spacial score (nSPS) is 10.3. The Morgan fingerprint density at radius 1 is 1.27 bits per heavy atom. The molecule has 2 rings (SSSR count). The van der Waals surface area contributed by atoms with Gasteiger partial charge in [-0.25, -0.2) is 0 Å². The Labute approximate surface area is 87.7 Å². The molecule has 4 heteroatoms. The molecule has 0 aliphatic carbocycles. The van der Waals surface area contributed by atoms with E-state index in [2.05, 4.69) is 21.7 Å². The van der Waals surface area contributed by atoms with Crippen LogP contribution in [0.15, 0.2) is 23.2 Å². The van der Waals surface area contributed by atoms with Gasteiger partial charge in [-0.3, -0.25) is 4.98 Å². The zero-order chi connectivity index (χ0) is 10.8. The predicted octanol–water partition coefficient (Wildman–Crippen LogP) is 2.39. The summed E-state index contributed by atoms with van der Waals surface area (Å²) in [7, 11) is 0. The van der Waals surface area contributed by atoms with Crippen molar-refractivity contribution >= 4 is 6.08 Å². The highest BCUT2D eigenvalue weighted by Gasteiger charge is 2.10. The second-order valence-electron chi connectivity index (χ2n) is 3.24. The summed E-state index contributed by atoms with van der Waals surface area (Å²) >= 11 is 0. The van der Waals surface area contributed by atoms with E-state index in [1.165, 1.54) is 0 Å². The molecule has 0 atom stereocenters. The van der Waals surface area contributed by atoms with Crippen molar-refractivity contribution in [2.45, 2.75) is 13.8 Å². The minimum Gasteiger partial charge on any atom is -0.334 e. The van der Waals surface area contributed by atoms with E-state index in [9.17, 15) is 0 Å². The quantitative estimate of drug-likeness (QED) is 0.748. The van der Waals surface area contributed by atoms with Gasteiger partial charge in [0, 0.05) is 5.69 Å². The van der Waals surface area contributed by atoms with Crippen LogP contribution in [0.2, 0.25) is 0 Å². The molecule has 0 spiro atoms. The number of hydrogen-bond donors (Lipinski definition) is 0. The summed E-state index contributed by atoms with van der Waals surface area (Å²) in [6, 6.07) is 3.81. The molecular formula is C11H11N3O. The van der Waals surface area contributed by atoms with Gasteiger partial charge >= 0.3 is 0 Å². The average Bonchev–Trinajstić information content (AvgIpc) is 2.64. The lowest BCUT2D eigenvalue weighted by Gasteiger charge is -2.00. The zero-order valence-electron chi connectivity index (χ0n) is 8.69. The molecule has 4 nitrogen and oxygen atoms in total. The molecule has 0 unspecified atom stereocenters. The highest BCUT2D eigenvalue weighted by atomic mass is 16.5. The van der Waals surface area contributed by atoms with Gasteiger partial charge < -0.3 is 4.52 Å². The first-order chi connectivity index (χ1) is 7.20. The minimum atomic E-state index is 0.481. The predicted molar refractivity (Wildman–Crippen MR) is 57.1 cm³/mol. The van der Waals surface area contributed by atoms with Gasteiger partial charge in [0.15, 0.2) is 5.82 Å². The fourth-order valence-corrected chi connectivity index (χ4v) is 1.32. The maximum Gasteiger partial charge on any atom is 0.260 e. The van der Waals surface area contributed by atoms with E-state index in [-0.39, 0.29) is 0 Å². The van der Waals surface area contributed by atoms with Crippen LogP contribution in [0.5, 0.6) is 0 Å². The van der Waals surface area contributed by atoms with Gasteiger partial charge in [-0.05, 0) is 32.1 Å². The van der Waals surface area contributed by atoms with E-state index in [0.29, 0.717) is 11.7 Å². The lowest BCUT2D eigenvalue weighted by molar-refractivity contribution is 0.425. The van der Waals surface area contributed by atoms with Gasteiger partial charge in [-0.15, -0.1) is 0 Å². The first-order valence-corrected chi connectivity index (χ1v) is 4.61. The van der Waals surface area contributed by atoms with Crippen LogP contribution >= 0.6 is 0 Å². The van der Waals surface area contributed by atoms with E-state index >= 15 is 0 Å². The first-order valence-electron chi connectivity index (χ1n) is 4.61. The van der Waals surface area contributed by atoms with Gasteiger partial charge in [0.25, 0.3) is 5.89 Å². The van der Waals surface area contributed by atoms with Crippen LogP contribution in [0.3, 0.4) is 0 Å². The fraction of sp³-hybridized carbons (Fsp3) is 0.182. The van der Waals surface area contributed by atoms with Crippen molar-refractivity contribution in [1.82, 2.24) is 15.1 Å². The Morgan fingerprint density at radius 3 is 2.67 bits per heavy atom. The van der Waals surface area contributed by atoms with Gasteiger partial charge in [0.05, 0.1) is 11.3 Å². The second-order valence-corrected chi connectivity index (χ2v) is 3.24. The van der Waals surface area contributed by atoms with Crippen molar-refractivity contribution in [3.63, 3.8) is 0 Å².